The van der Waals surface area contributed by atoms with E-state index in [-0.39, 0.29) is 30.4 Å². The Morgan fingerprint density at radius 2 is 1.94 bits per heavy atom. The average Bonchev–Trinajstić information content (AvgIpc) is 3.30. The molecule has 2 aromatic rings. The van der Waals surface area contributed by atoms with E-state index in [4.69, 9.17) is 13.9 Å². The van der Waals surface area contributed by atoms with Gasteiger partial charge in [-0.15, -0.1) is 11.8 Å². The van der Waals surface area contributed by atoms with Gasteiger partial charge in [-0.1, -0.05) is 6.07 Å². The number of aryl methyl sites for hydroxylation is 2. The number of furan rings is 1. The first-order chi connectivity index (χ1) is 16.7. The van der Waals surface area contributed by atoms with E-state index in [1.807, 2.05) is 32.0 Å². The number of β-lactam (4-membered cyclic amide) rings is 1. The number of esters is 1. The molecule has 0 bridgehead atoms. The fourth-order valence-corrected chi connectivity index (χ4v) is 5.06. The van der Waals surface area contributed by atoms with Gasteiger partial charge in [-0.05, 0) is 49.2 Å². The Balaban J connectivity index is 1.38. The molecule has 184 valence electrons. The first-order valence-corrected chi connectivity index (χ1v) is 11.8. The Morgan fingerprint density at radius 1 is 1.17 bits per heavy atom. The number of rotatable bonds is 8. The third-order valence-electron chi connectivity index (χ3n) is 5.73. The van der Waals surface area contributed by atoms with Gasteiger partial charge in [-0.3, -0.25) is 19.3 Å². The Hall–Kier alpha value is -3.73. The minimum absolute atomic E-state index is 0.0142. The van der Waals surface area contributed by atoms with Crippen molar-refractivity contribution in [3.63, 3.8) is 0 Å². The lowest BCUT2D eigenvalue weighted by molar-refractivity contribution is -0.149. The molecular formula is C24H24N2O8S. The summed E-state index contributed by atoms with van der Waals surface area (Å²) in [5.74, 6) is -1.61. The van der Waals surface area contributed by atoms with Crippen molar-refractivity contribution >= 4 is 35.5 Å². The molecule has 3 heterocycles. The smallest absolute Gasteiger partial charge is 0.352 e. The maximum absolute atomic E-state index is 12.7. The Kier molecular flexibility index (Phi) is 6.88. The van der Waals surface area contributed by atoms with Gasteiger partial charge in [0.1, 0.15) is 41.8 Å². The molecule has 0 spiro atoms. The number of carbonyl (C=O) groups is 4. The van der Waals surface area contributed by atoms with Crippen LogP contribution in [0.2, 0.25) is 0 Å². The van der Waals surface area contributed by atoms with Crippen LogP contribution in [0.15, 0.2) is 46.0 Å². The minimum atomic E-state index is -1.30. The number of carbonyl (C=O) groups excluding carboxylic acids is 3. The Labute approximate surface area is 205 Å². The summed E-state index contributed by atoms with van der Waals surface area (Å²) in [6.45, 7) is 5.13. The topological polar surface area (TPSA) is 135 Å². The van der Waals surface area contributed by atoms with Gasteiger partial charge in [0.25, 0.3) is 11.8 Å². The number of thioether (sulfide) groups is 1. The van der Waals surface area contributed by atoms with Crippen LogP contribution in [-0.4, -0.2) is 57.5 Å². The predicted molar refractivity (Wildman–Crippen MR) is 125 cm³/mol. The van der Waals surface area contributed by atoms with Gasteiger partial charge in [0.2, 0.25) is 0 Å². The molecule has 35 heavy (non-hydrogen) atoms. The summed E-state index contributed by atoms with van der Waals surface area (Å²) in [6.07, 6.45) is 0. The first-order valence-electron chi connectivity index (χ1n) is 10.8. The fraction of sp³-hybridized carbons (Fsp3) is 0.333. The van der Waals surface area contributed by atoms with Gasteiger partial charge in [-0.2, -0.15) is 0 Å². The van der Waals surface area contributed by atoms with Crippen molar-refractivity contribution in [1.29, 1.82) is 0 Å². The number of carboxylic acid groups (broad SMARTS) is 1. The van der Waals surface area contributed by atoms with Crippen molar-refractivity contribution in [3.05, 3.63) is 64.2 Å². The number of nitrogens with one attached hydrogen (secondary N) is 1. The van der Waals surface area contributed by atoms with E-state index >= 15 is 0 Å². The number of aliphatic carboxylic acids is 1. The van der Waals surface area contributed by atoms with Crippen molar-refractivity contribution in [2.45, 2.75) is 38.8 Å². The molecule has 1 fully saturated rings. The summed E-state index contributed by atoms with van der Waals surface area (Å²) in [4.78, 5) is 49.4. The zero-order valence-corrected chi connectivity index (χ0v) is 20.1. The monoisotopic (exact) mass is 500 g/mol. The van der Waals surface area contributed by atoms with E-state index < -0.39 is 35.2 Å². The van der Waals surface area contributed by atoms with Crippen LogP contribution < -0.4 is 10.1 Å². The molecule has 2 atom stereocenters. The summed E-state index contributed by atoms with van der Waals surface area (Å²) in [7, 11) is 0. The molecular weight excluding hydrogens is 476 g/mol. The average molecular weight is 501 g/mol. The summed E-state index contributed by atoms with van der Waals surface area (Å²) >= 11 is 1.28. The van der Waals surface area contributed by atoms with E-state index in [1.165, 1.54) is 24.8 Å². The van der Waals surface area contributed by atoms with E-state index in [9.17, 15) is 24.3 Å². The van der Waals surface area contributed by atoms with Crippen LogP contribution in [0.1, 0.15) is 34.4 Å². The molecule has 10 nitrogen and oxygen atoms in total. The fourth-order valence-electron chi connectivity index (χ4n) is 3.73. The summed E-state index contributed by atoms with van der Waals surface area (Å²) in [5.41, 5.74) is 2.36. The number of fused-ring (bicyclic) bond motifs is 1. The van der Waals surface area contributed by atoms with Crippen LogP contribution in [0.25, 0.3) is 0 Å². The van der Waals surface area contributed by atoms with Gasteiger partial charge in [0.15, 0.2) is 5.76 Å². The minimum Gasteiger partial charge on any atom is -0.486 e. The SMILES string of the molecule is CC(=O)OCC1=C(C(=O)O)N2C(=O)C(NC(=O)c3ccc(COc4ccc(C)c(C)c4)o3)C2SC1. The molecule has 1 saturated heterocycles. The zero-order chi connectivity index (χ0) is 25.3. The van der Waals surface area contributed by atoms with Crippen molar-refractivity contribution in [2.24, 2.45) is 0 Å². The van der Waals surface area contributed by atoms with Crippen molar-refractivity contribution in [2.75, 3.05) is 12.4 Å². The molecule has 2 unspecified atom stereocenters. The molecule has 1 aromatic carbocycles. The van der Waals surface area contributed by atoms with Crippen LogP contribution in [0.4, 0.5) is 0 Å². The van der Waals surface area contributed by atoms with Crippen LogP contribution in [-0.2, 0) is 25.7 Å². The summed E-state index contributed by atoms with van der Waals surface area (Å²) in [5, 5.41) is 11.6. The highest BCUT2D eigenvalue weighted by Gasteiger charge is 2.54. The molecule has 0 saturated carbocycles. The van der Waals surface area contributed by atoms with Crippen LogP contribution in [0.5, 0.6) is 5.75 Å². The maximum atomic E-state index is 12.7. The molecule has 2 aliphatic rings. The molecule has 2 amide bonds. The van der Waals surface area contributed by atoms with Crippen molar-refractivity contribution < 1.29 is 38.2 Å². The largest absolute Gasteiger partial charge is 0.486 e. The lowest BCUT2D eigenvalue weighted by Gasteiger charge is -2.49. The van der Waals surface area contributed by atoms with Crippen molar-refractivity contribution in [3.8, 4) is 5.75 Å². The molecule has 4 rings (SSSR count). The maximum Gasteiger partial charge on any atom is 0.352 e. The highest BCUT2D eigenvalue weighted by atomic mass is 32.2. The molecule has 2 N–H and O–H groups in total. The van der Waals surface area contributed by atoms with E-state index in [0.717, 1.165) is 16.0 Å². The number of nitrogens with zero attached hydrogens (tertiary/aromatic N) is 1. The highest BCUT2D eigenvalue weighted by molar-refractivity contribution is 8.00. The molecule has 2 aliphatic heterocycles. The van der Waals surface area contributed by atoms with Gasteiger partial charge in [-0.25, -0.2) is 4.79 Å². The number of hydrogen-bond acceptors (Lipinski definition) is 8. The standard InChI is InChI=1S/C24H24N2O8S/c1-12-4-5-16(8-13(12)2)33-10-17-6-7-18(34-17)21(28)25-19-22(29)26-20(24(30)31)15(9-32-14(3)27)11-35-23(19)26/h4-8,19,23H,9-11H2,1-3H3,(H,25,28)(H,30,31). The van der Waals surface area contributed by atoms with Crippen LogP contribution >= 0.6 is 11.8 Å². The summed E-state index contributed by atoms with van der Waals surface area (Å²) < 4.78 is 16.2. The zero-order valence-electron chi connectivity index (χ0n) is 19.3. The number of ether oxygens (including phenoxy) is 2. The second-order valence-electron chi connectivity index (χ2n) is 8.20. The second kappa shape index (κ2) is 9.87. The van der Waals surface area contributed by atoms with Crippen LogP contribution in [0.3, 0.4) is 0 Å². The number of amides is 2. The third-order valence-corrected chi connectivity index (χ3v) is 7.07. The highest BCUT2D eigenvalue weighted by Crippen LogP contribution is 2.40. The van der Waals surface area contributed by atoms with E-state index in [0.29, 0.717) is 17.1 Å². The lowest BCUT2D eigenvalue weighted by atomic mass is 10.0. The number of carboxylic acids is 1. The van der Waals surface area contributed by atoms with Crippen LogP contribution in [0, 0.1) is 13.8 Å². The Bertz CT molecular complexity index is 1230. The predicted octanol–water partition coefficient (Wildman–Crippen LogP) is 2.39. The summed E-state index contributed by atoms with van der Waals surface area (Å²) in [6, 6.07) is 7.93. The third kappa shape index (κ3) is 5.04. The quantitative estimate of drug-likeness (QED) is 0.414. The molecule has 0 radical (unpaired) electrons. The molecule has 0 aliphatic carbocycles. The second-order valence-corrected chi connectivity index (χ2v) is 9.30. The lowest BCUT2D eigenvalue weighted by Crippen LogP contribution is -2.70. The Morgan fingerprint density at radius 3 is 2.63 bits per heavy atom. The molecule has 11 heteroatoms. The van der Waals surface area contributed by atoms with E-state index in [2.05, 4.69) is 5.32 Å². The van der Waals surface area contributed by atoms with Gasteiger partial charge < -0.3 is 24.3 Å². The number of benzene rings is 1. The van der Waals surface area contributed by atoms with Crippen molar-refractivity contribution in [1.82, 2.24) is 10.2 Å². The van der Waals surface area contributed by atoms with Gasteiger partial charge in [0.05, 0.1) is 0 Å². The number of hydrogen-bond donors (Lipinski definition) is 2. The molecule has 1 aromatic heterocycles. The normalized spacial score (nSPS) is 19.1. The van der Waals surface area contributed by atoms with E-state index in [1.54, 1.807) is 6.07 Å². The first kappa shape index (κ1) is 24.4. The van der Waals surface area contributed by atoms with Gasteiger partial charge in [0, 0.05) is 18.2 Å². The van der Waals surface area contributed by atoms with Gasteiger partial charge >= 0.3 is 11.9 Å².